The molecule has 2 aliphatic heterocycles. The summed E-state index contributed by atoms with van der Waals surface area (Å²) in [5.74, 6) is 1.08. The number of β-amino-alcohol motifs (C(OH)–C–C–N with tert-alkyl or cyclic N) is 1. The standard InChI is InChI=1S/C18H32N4O/c1-13(2)10-21-6-4-17(5-7-21)22-11-15(18(23)12-22)9-16-8-14(3)19-20-16/h8,13,15,17-18,23H,4-7,9-12H2,1-3H3,(H,19,20)/t15-,18+/m1/s1. The van der Waals surface area contributed by atoms with Gasteiger partial charge in [-0.1, -0.05) is 13.8 Å². The zero-order valence-electron chi connectivity index (χ0n) is 14.8. The Morgan fingerprint density at radius 3 is 2.65 bits per heavy atom. The zero-order chi connectivity index (χ0) is 16.4. The number of aliphatic hydroxyl groups excluding tert-OH is 1. The minimum atomic E-state index is -0.208. The largest absolute Gasteiger partial charge is 0.391 e. The lowest BCUT2D eigenvalue weighted by atomic mass is 9.99. The molecule has 2 N–H and O–H groups in total. The lowest BCUT2D eigenvalue weighted by Crippen LogP contribution is -2.45. The second-order valence-electron chi connectivity index (χ2n) is 7.95. The van der Waals surface area contributed by atoms with Gasteiger partial charge in [-0.3, -0.25) is 10.00 Å². The molecule has 1 aromatic rings. The summed E-state index contributed by atoms with van der Waals surface area (Å²) in [7, 11) is 0. The highest BCUT2D eigenvalue weighted by Gasteiger charge is 2.36. The predicted molar refractivity (Wildman–Crippen MR) is 92.4 cm³/mol. The third-order valence-corrected chi connectivity index (χ3v) is 5.36. The molecule has 0 radical (unpaired) electrons. The molecule has 3 rings (SSSR count). The van der Waals surface area contributed by atoms with E-state index in [0.717, 1.165) is 36.8 Å². The van der Waals surface area contributed by atoms with E-state index in [0.29, 0.717) is 12.0 Å². The summed E-state index contributed by atoms with van der Waals surface area (Å²) in [6.45, 7) is 12.1. The number of H-pyrrole nitrogens is 1. The molecular weight excluding hydrogens is 288 g/mol. The molecule has 0 amide bonds. The molecule has 23 heavy (non-hydrogen) atoms. The van der Waals surface area contributed by atoms with Gasteiger partial charge in [-0.2, -0.15) is 5.10 Å². The van der Waals surface area contributed by atoms with Gasteiger partial charge in [0.2, 0.25) is 0 Å². The van der Waals surface area contributed by atoms with Crippen LogP contribution in [0, 0.1) is 18.8 Å². The maximum Gasteiger partial charge on any atom is 0.0711 e. The number of aliphatic hydroxyl groups is 1. The Morgan fingerprint density at radius 2 is 2.04 bits per heavy atom. The molecule has 5 heteroatoms. The van der Waals surface area contributed by atoms with Crippen molar-refractivity contribution in [2.45, 2.75) is 52.2 Å². The van der Waals surface area contributed by atoms with E-state index in [1.807, 2.05) is 6.92 Å². The summed E-state index contributed by atoms with van der Waals surface area (Å²) < 4.78 is 0. The summed E-state index contributed by atoms with van der Waals surface area (Å²) in [5.41, 5.74) is 2.18. The minimum absolute atomic E-state index is 0.208. The second-order valence-corrected chi connectivity index (χ2v) is 7.95. The van der Waals surface area contributed by atoms with Crippen molar-refractivity contribution >= 4 is 0 Å². The lowest BCUT2D eigenvalue weighted by Gasteiger charge is -2.37. The smallest absolute Gasteiger partial charge is 0.0711 e. The van der Waals surface area contributed by atoms with E-state index >= 15 is 0 Å². The predicted octanol–water partition coefficient (Wildman–Crippen LogP) is 1.67. The van der Waals surface area contributed by atoms with Crippen LogP contribution in [0.4, 0.5) is 0 Å². The van der Waals surface area contributed by atoms with Gasteiger partial charge < -0.3 is 10.0 Å². The summed E-state index contributed by atoms with van der Waals surface area (Å²) in [6.07, 6.45) is 3.16. The van der Waals surface area contributed by atoms with Crippen LogP contribution in [0.5, 0.6) is 0 Å². The van der Waals surface area contributed by atoms with Crippen molar-refractivity contribution < 1.29 is 5.11 Å². The van der Waals surface area contributed by atoms with E-state index in [1.165, 1.54) is 32.5 Å². The van der Waals surface area contributed by atoms with Crippen molar-refractivity contribution in [1.82, 2.24) is 20.0 Å². The van der Waals surface area contributed by atoms with Crippen molar-refractivity contribution in [3.63, 3.8) is 0 Å². The van der Waals surface area contributed by atoms with E-state index in [9.17, 15) is 5.11 Å². The molecule has 0 unspecified atom stereocenters. The Bertz CT molecular complexity index is 493. The van der Waals surface area contributed by atoms with Crippen molar-refractivity contribution in [2.24, 2.45) is 11.8 Å². The summed E-state index contributed by atoms with van der Waals surface area (Å²) in [5, 5.41) is 17.8. The van der Waals surface area contributed by atoms with Gasteiger partial charge >= 0.3 is 0 Å². The number of nitrogens with zero attached hydrogens (tertiary/aromatic N) is 3. The van der Waals surface area contributed by atoms with E-state index in [-0.39, 0.29) is 6.10 Å². The van der Waals surface area contributed by atoms with Crippen LogP contribution in [0.15, 0.2) is 6.07 Å². The third kappa shape index (κ3) is 4.34. The number of hydrogen-bond acceptors (Lipinski definition) is 4. The Kier molecular flexibility index (Phi) is 5.39. The van der Waals surface area contributed by atoms with Crippen LogP contribution in [-0.2, 0) is 6.42 Å². The number of piperidine rings is 1. The average molecular weight is 320 g/mol. The van der Waals surface area contributed by atoms with Crippen LogP contribution in [0.3, 0.4) is 0 Å². The number of aromatic nitrogens is 2. The van der Waals surface area contributed by atoms with Crippen LogP contribution in [-0.4, -0.2) is 70.0 Å². The van der Waals surface area contributed by atoms with Crippen LogP contribution in [0.2, 0.25) is 0 Å². The van der Waals surface area contributed by atoms with E-state index in [4.69, 9.17) is 0 Å². The van der Waals surface area contributed by atoms with E-state index in [1.54, 1.807) is 0 Å². The van der Waals surface area contributed by atoms with Crippen molar-refractivity contribution in [2.75, 3.05) is 32.7 Å². The molecule has 0 aliphatic carbocycles. The number of nitrogens with one attached hydrogen (secondary N) is 1. The average Bonchev–Trinajstić information content (AvgIpc) is 3.06. The number of hydrogen-bond donors (Lipinski definition) is 2. The second kappa shape index (κ2) is 7.32. The SMILES string of the molecule is Cc1cc(C[C@@H]2CN(C3CCN(CC(C)C)CC3)C[C@@H]2O)n[nH]1. The first-order chi connectivity index (χ1) is 11.0. The van der Waals surface area contributed by atoms with Gasteiger partial charge in [0.05, 0.1) is 11.8 Å². The highest BCUT2D eigenvalue weighted by atomic mass is 16.3. The topological polar surface area (TPSA) is 55.4 Å². The normalized spacial score (nSPS) is 28.0. The molecule has 130 valence electrons. The summed E-state index contributed by atoms with van der Waals surface area (Å²) >= 11 is 0. The molecule has 2 aliphatic rings. The Labute approximate surface area is 140 Å². The number of aryl methyl sites for hydroxylation is 1. The molecule has 0 bridgehead atoms. The minimum Gasteiger partial charge on any atom is -0.391 e. The zero-order valence-corrected chi connectivity index (χ0v) is 14.8. The number of aromatic amines is 1. The van der Waals surface area contributed by atoms with Gasteiger partial charge in [-0.05, 0) is 51.3 Å². The molecule has 0 aromatic carbocycles. The van der Waals surface area contributed by atoms with Gasteiger partial charge in [0.1, 0.15) is 0 Å². The maximum absolute atomic E-state index is 10.4. The van der Waals surface area contributed by atoms with Gasteiger partial charge in [-0.25, -0.2) is 0 Å². The third-order valence-electron chi connectivity index (χ3n) is 5.36. The van der Waals surface area contributed by atoms with E-state index < -0.39 is 0 Å². The fourth-order valence-electron chi connectivity index (χ4n) is 4.22. The molecule has 3 heterocycles. The number of rotatable bonds is 5. The Balaban J connectivity index is 1.49. The molecule has 2 saturated heterocycles. The van der Waals surface area contributed by atoms with Gasteiger partial charge in [0, 0.05) is 37.3 Å². The van der Waals surface area contributed by atoms with Gasteiger partial charge in [-0.15, -0.1) is 0 Å². The maximum atomic E-state index is 10.4. The first kappa shape index (κ1) is 16.9. The van der Waals surface area contributed by atoms with Crippen LogP contribution in [0.25, 0.3) is 0 Å². The molecule has 0 spiro atoms. The van der Waals surface area contributed by atoms with Crippen LogP contribution in [0.1, 0.15) is 38.1 Å². The molecular formula is C18H32N4O. The molecule has 0 saturated carbocycles. The summed E-state index contributed by atoms with van der Waals surface area (Å²) in [4.78, 5) is 5.12. The van der Waals surface area contributed by atoms with Gasteiger partial charge in [0.15, 0.2) is 0 Å². The molecule has 2 fully saturated rings. The highest BCUT2D eigenvalue weighted by molar-refractivity contribution is 5.09. The van der Waals surface area contributed by atoms with Crippen LogP contribution < -0.4 is 0 Å². The number of likely N-dealkylation sites (tertiary alicyclic amines) is 2. The van der Waals surface area contributed by atoms with Crippen molar-refractivity contribution in [3.8, 4) is 0 Å². The van der Waals surface area contributed by atoms with Crippen LogP contribution >= 0.6 is 0 Å². The van der Waals surface area contributed by atoms with Gasteiger partial charge in [0.25, 0.3) is 0 Å². The van der Waals surface area contributed by atoms with Crippen molar-refractivity contribution in [3.05, 3.63) is 17.5 Å². The molecule has 1 aromatic heterocycles. The van der Waals surface area contributed by atoms with Crippen molar-refractivity contribution in [1.29, 1.82) is 0 Å². The first-order valence-corrected chi connectivity index (χ1v) is 9.16. The lowest BCUT2D eigenvalue weighted by molar-refractivity contribution is 0.102. The Morgan fingerprint density at radius 1 is 1.30 bits per heavy atom. The first-order valence-electron chi connectivity index (χ1n) is 9.16. The molecule has 2 atom stereocenters. The quantitative estimate of drug-likeness (QED) is 0.867. The summed E-state index contributed by atoms with van der Waals surface area (Å²) in [6, 6.07) is 2.75. The van der Waals surface area contributed by atoms with E-state index in [2.05, 4.69) is 39.9 Å². The Hall–Kier alpha value is -0.910. The fraction of sp³-hybridized carbons (Fsp3) is 0.833. The monoisotopic (exact) mass is 320 g/mol. The molecule has 5 nitrogen and oxygen atoms in total. The fourth-order valence-corrected chi connectivity index (χ4v) is 4.22. The highest BCUT2D eigenvalue weighted by Crippen LogP contribution is 2.27.